The summed E-state index contributed by atoms with van der Waals surface area (Å²) < 4.78 is 7.09. The molecule has 8 nitrogen and oxygen atoms in total. The standard InChI is InChI=1S/C18H22N4O4/c1-21-8-7-19-16(18(21)25)20-11-14-12-22(9-10-26-14)17(24)15(23)13-5-3-2-4-6-13/h2-8,14-15,23H,9-12H2,1H3,(H,19,20)/t14-,15-/m0/s1. The highest BCUT2D eigenvalue weighted by atomic mass is 16.5. The smallest absolute Gasteiger partial charge is 0.293 e. The molecule has 2 N–H and O–H groups in total. The first-order valence-corrected chi connectivity index (χ1v) is 8.45. The van der Waals surface area contributed by atoms with E-state index in [2.05, 4.69) is 10.3 Å². The number of aryl methyl sites for hydroxylation is 1. The minimum absolute atomic E-state index is 0.226. The Morgan fingerprint density at radius 3 is 2.96 bits per heavy atom. The Labute approximate surface area is 151 Å². The summed E-state index contributed by atoms with van der Waals surface area (Å²) in [6.07, 6.45) is 1.64. The van der Waals surface area contributed by atoms with Crippen molar-refractivity contribution < 1.29 is 14.6 Å². The van der Waals surface area contributed by atoms with Crippen molar-refractivity contribution in [2.45, 2.75) is 12.2 Å². The number of hydrogen-bond donors (Lipinski definition) is 2. The lowest BCUT2D eigenvalue weighted by Crippen LogP contribution is -2.49. The molecule has 0 bridgehead atoms. The minimum atomic E-state index is -1.19. The van der Waals surface area contributed by atoms with E-state index < -0.39 is 6.10 Å². The van der Waals surface area contributed by atoms with Crippen molar-refractivity contribution in [2.24, 2.45) is 7.05 Å². The van der Waals surface area contributed by atoms with Crippen molar-refractivity contribution in [1.29, 1.82) is 0 Å². The van der Waals surface area contributed by atoms with Crippen LogP contribution in [0.3, 0.4) is 0 Å². The van der Waals surface area contributed by atoms with Gasteiger partial charge in [0.25, 0.3) is 11.5 Å². The van der Waals surface area contributed by atoms with Crippen LogP contribution in [0.15, 0.2) is 47.5 Å². The third kappa shape index (κ3) is 4.09. The number of hydrogen-bond acceptors (Lipinski definition) is 6. The highest BCUT2D eigenvalue weighted by Crippen LogP contribution is 2.17. The Bertz CT molecular complexity index is 808. The Morgan fingerprint density at radius 2 is 2.19 bits per heavy atom. The molecule has 1 aromatic heterocycles. The van der Waals surface area contributed by atoms with E-state index in [1.54, 1.807) is 42.4 Å². The third-order valence-corrected chi connectivity index (χ3v) is 4.31. The van der Waals surface area contributed by atoms with Gasteiger partial charge in [-0.3, -0.25) is 9.59 Å². The molecular weight excluding hydrogens is 336 g/mol. The number of nitrogens with zero attached hydrogens (tertiary/aromatic N) is 3. The lowest BCUT2D eigenvalue weighted by molar-refractivity contribution is -0.147. The molecule has 1 saturated heterocycles. The number of aliphatic hydroxyl groups excluding tert-OH is 1. The van der Waals surface area contributed by atoms with E-state index in [-0.39, 0.29) is 23.4 Å². The number of anilines is 1. The molecule has 2 aromatic rings. The lowest BCUT2D eigenvalue weighted by Gasteiger charge is -2.34. The normalized spacial score (nSPS) is 18.4. The van der Waals surface area contributed by atoms with E-state index in [9.17, 15) is 14.7 Å². The Morgan fingerprint density at radius 1 is 1.42 bits per heavy atom. The zero-order chi connectivity index (χ0) is 18.5. The van der Waals surface area contributed by atoms with Gasteiger partial charge in [0.15, 0.2) is 11.9 Å². The van der Waals surface area contributed by atoms with Gasteiger partial charge < -0.3 is 24.6 Å². The van der Waals surface area contributed by atoms with Gasteiger partial charge in [0, 0.05) is 39.1 Å². The van der Waals surface area contributed by atoms with E-state index in [4.69, 9.17) is 4.74 Å². The molecule has 0 saturated carbocycles. The maximum atomic E-state index is 12.6. The minimum Gasteiger partial charge on any atom is -0.378 e. The van der Waals surface area contributed by atoms with Gasteiger partial charge in [0.2, 0.25) is 0 Å². The fourth-order valence-electron chi connectivity index (χ4n) is 2.82. The molecule has 26 heavy (non-hydrogen) atoms. The first-order valence-electron chi connectivity index (χ1n) is 8.45. The molecule has 1 aromatic carbocycles. The van der Waals surface area contributed by atoms with E-state index in [0.717, 1.165) is 0 Å². The van der Waals surface area contributed by atoms with Crippen molar-refractivity contribution in [2.75, 3.05) is 31.6 Å². The van der Waals surface area contributed by atoms with Crippen LogP contribution in [0.2, 0.25) is 0 Å². The predicted molar refractivity (Wildman–Crippen MR) is 95.7 cm³/mol. The van der Waals surface area contributed by atoms with Crippen LogP contribution >= 0.6 is 0 Å². The fraction of sp³-hybridized carbons (Fsp3) is 0.389. The molecule has 1 amide bonds. The number of benzene rings is 1. The largest absolute Gasteiger partial charge is 0.378 e. The quantitative estimate of drug-likeness (QED) is 0.790. The summed E-state index contributed by atoms with van der Waals surface area (Å²) in [5.41, 5.74) is 0.339. The Hall–Kier alpha value is -2.71. The Balaban J connectivity index is 1.59. The predicted octanol–water partition coefficient (Wildman–Crippen LogP) is 0.153. The highest BCUT2D eigenvalue weighted by Gasteiger charge is 2.29. The summed E-state index contributed by atoms with van der Waals surface area (Å²) in [6, 6.07) is 8.84. The summed E-state index contributed by atoms with van der Waals surface area (Å²) in [6.45, 7) is 1.48. The number of ether oxygens (including phenoxy) is 1. The van der Waals surface area contributed by atoms with Crippen molar-refractivity contribution in [3.63, 3.8) is 0 Å². The van der Waals surface area contributed by atoms with Gasteiger partial charge in [-0.25, -0.2) is 4.98 Å². The van der Waals surface area contributed by atoms with E-state index in [1.165, 1.54) is 10.8 Å². The number of carbonyl (C=O) groups excluding carboxylic acids is 1. The summed E-state index contributed by atoms with van der Waals surface area (Å²) in [4.78, 5) is 30.1. The van der Waals surface area contributed by atoms with Gasteiger partial charge in [0.05, 0.1) is 12.7 Å². The molecule has 138 valence electrons. The SMILES string of the molecule is Cn1ccnc(NC[C@H]2CN(C(=O)[C@@H](O)c3ccccc3)CCO2)c1=O. The lowest BCUT2D eigenvalue weighted by atomic mass is 10.1. The molecule has 0 unspecified atom stereocenters. The number of aliphatic hydroxyl groups is 1. The summed E-state index contributed by atoms with van der Waals surface area (Å²) in [7, 11) is 1.65. The van der Waals surface area contributed by atoms with E-state index in [1.807, 2.05) is 6.07 Å². The molecule has 2 atom stereocenters. The van der Waals surface area contributed by atoms with Crippen LogP contribution in [0.1, 0.15) is 11.7 Å². The molecule has 1 fully saturated rings. The zero-order valence-corrected chi connectivity index (χ0v) is 14.5. The number of rotatable bonds is 5. The van der Waals surface area contributed by atoms with Gasteiger partial charge >= 0.3 is 0 Å². The maximum Gasteiger partial charge on any atom is 0.293 e. The van der Waals surface area contributed by atoms with Crippen LogP contribution in [0.5, 0.6) is 0 Å². The van der Waals surface area contributed by atoms with Crippen LogP contribution < -0.4 is 10.9 Å². The molecule has 1 aliphatic rings. The summed E-state index contributed by atoms with van der Waals surface area (Å²) in [5.74, 6) is -0.107. The number of carbonyl (C=O) groups is 1. The number of nitrogens with one attached hydrogen (secondary N) is 1. The zero-order valence-electron chi connectivity index (χ0n) is 14.5. The molecule has 1 aliphatic heterocycles. The fourth-order valence-corrected chi connectivity index (χ4v) is 2.82. The maximum absolute atomic E-state index is 12.6. The number of aromatic nitrogens is 2. The average molecular weight is 358 g/mol. The molecule has 0 radical (unpaired) electrons. The van der Waals surface area contributed by atoms with Crippen LogP contribution in [0.25, 0.3) is 0 Å². The van der Waals surface area contributed by atoms with Gasteiger partial charge in [-0.1, -0.05) is 30.3 Å². The molecule has 0 spiro atoms. The monoisotopic (exact) mass is 358 g/mol. The van der Waals surface area contributed by atoms with Crippen molar-refractivity contribution in [1.82, 2.24) is 14.5 Å². The second kappa shape index (κ2) is 8.11. The van der Waals surface area contributed by atoms with Crippen LogP contribution in [-0.4, -0.2) is 57.8 Å². The second-order valence-electron chi connectivity index (χ2n) is 6.16. The first kappa shape index (κ1) is 18.1. The average Bonchev–Trinajstić information content (AvgIpc) is 2.69. The molecule has 8 heteroatoms. The van der Waals surface area contributed by atoms with Crippen molar-refractivity contribution in [3.8, 4) is 0 Å². The first-order chi connectivity index (χ1) is 12.6. The Kier molecular flexibility index (Phi) is 5.65. The van der Waals surface area contributed by atoms with Gasteiger partial charge in [-0.15, -0.1) is 0 Å². The third-order valence-electron chi connectivity index (χ3n) is 4.31. The van der Waals surface area contributed by atoms with E-state index in [0.29, 0.717) is 31.8 Å². The van der Waals surface area contributed by atoms with Gasteiger partial charge in [-0.05, 0) is 5.56 Å². The highest BCUT2D eigenvalue weighted by molar-refractivity contribution is 5.82. The van der Waals surface area contributed by atoms with Crippen LogP contribution in [-0.2, 0) is 16.6 Å². The summed E-state index contributed by atoms with van der Waals surface area (Å²) in [5, 5.41) is 13.3. The molecule has 3 rings (SSSR count). The molecule has 2 heterocycles. The van der Waals surface area contributed by atoms with Crippen LogP contribution in [0, 0.1) is 0 Å². The topological polar surface area (TPSA) is 96.7 Å². The molecule has 0 aliphatic carbocycles. The number of amides is 1. The second-order valence-corrected chi connectivity index (χ2v) is 6.16. The summed E-state index contributed by atoms with van der Waals surface area (Å²) >= 11 is 0. The van der Waals surface area contributed by atoms with Crippen molar-refractivity contribution in [3.05, 3.63) is 58.6 Å². The van der Waals surface area contributed by atoms with Crippen molar-refractivity contribution >= 4 is 11.7 Å². The van der Waals surface area contributed by atoms with Gasteiger partial charge in [0.1, 0.15) is 0 Å². The van der Waals surface area contributed by atoms with Crippen LogP contribution in [0.4, 0.5) is 5.82 Å². The van der Waals surface area contributed by atoms with Gasteiger partial charge in [-0.2, -0.15) is 0 Å². The number of morpholine rings is 1. The molecular formula is C18H22N4O4. The van der Waals surface area contributed by atoms with E-state index >= 15 is 0 Å².